The zero-order valence-corrected chi connectivity index (χ0v) is 15.5. The topological polar surface area (TPSA) is 130 Å². The molecule has 1 aromatic carbocycles. The summed E-state index contributed by atoms with van der Waals surface area (Å²) in [5.74, 6) is 0.00505. The summed E-state index contributed by atoms with van der Waals surface area (Å²) in [6, 6.07) is 4.70. The van der Waals surface area contributed by atoms with Gasteiger partial charge in [0.2, 0.25) is 16.0 Å². The van der Waals surface area contributed by atoms with Crippen LogP contribution in [0.3, 0.4) is 0 Å². The highest BCUT2D eigenvalue weighted by Gasteiger charge is 2.37. The molecule has 1 saturated carbocycles. The van der Waals surface area contributed by atoms with E-state index in [-0.39, 0.29) is 17.5 Å². The van der Waals surface area contributed by atoms with Crippen LogP contribution in [0.2, 0.25) is 0 Å². The van der Waals surface area contributed by atoms with Gasteiger partial charge < -0.3 is 16.2 Å². The molecule has 140 valence electrons. The first kappa shape index (κ1) is 18.8. The molecule has 0 radical (unpaired) electrons. The van der Waals surface area contributed by atoms with Crippen molar-refractivity contribution in [2.45, 2.75) is 36.1 Å². The van der Waals surface area contributed by atoms with Gasteiger partial charge in [-0.05, 0) is 25.0 Å². The highest BCUT2D eigenvalue weighted by Crippen LogP contribution is 2.31. The predicted molar refractivity (Wildman–Crippen MR) is 101 cm³/mol. The molecule has 0 saturated heterocycles. The Balaban J connectivity index is 1.96. The molecule has 3 rings (SSSR count). The number of pyridine rings is 1. The van der Waals surface area contributed by atoms with E-state index < -0.39 is 15.6 Å². The van der Waals surface area contributed by atoms with Crippen LogP contribution in [-0.4, -0.2) is 36.6 Å². The third-order valence-corrected chi connectivity index (χ3v) is 6.37. The number of aliphatic hydroxyl groups is 1. The molecular formula is C16H20ClN5O3S. The summed E-state index contributed by atoms with van der Waals surface area (Å²) in [5, 5.41) is 13.8. The monoisotopic (exact) mass is 397 g/mol. The van der Waals surface area contributed by atoms with Crippen molar-refractivity contribution in [2.24, 2.45) is 10.2 Å². The Morgan fingerprint density at radius 1 is 1.35 bits per heavy atom. The van der Waals surface area contributed by atoms with Gasteiger partial charge in [0, 0.05) is 28.7 Å². The van der Waals surface area contributed by atoms with Gasteiger partial charge >= 0.3 is 0 Å². The molecule has 0 bridgehead atoms. The van der Waals surface area contributed by atoms with E-state index in [1.54, 1.807) is 18.5 Å². The Kier molecular flexibility index (Phi) is 5.33. The van der Waals surface area contributed by atoms with Crippen LogP contribution in [0.15, 0.2) is 40.0 Å². The number of halogens is 1. The number of sulfonamides is 1. The number of hydrogen-bond acceptors (Lipinski definition) is 5. The minimum absolute atomic E-state index is 0.00505. The van der Waals surface area contributed by atoms with Gasteiger partial charge in [0.25, 0.3) is 0 Å². The number of anilines is 1. The van der Waals surface area contributed by atoms with Crippen LogP contribution in [0.4, 0.5) is 5.69 Å². The van der Waals surface area contributed by atoms with Crippen LogP contribution in [-0.2, 0) is 10.0 Å². The van der Waals surface area contributed by atoms with Gasteiger partial charge in [-0.15, -0.1) is 4.51 Å². The number of hydrogen-bond donors (Lipinski definition) is 4. The van der Waals surface area contributed by atoms with Crippen LogP contribution in [0.25, 0.3) is 10.8 Å². The quantitative estimate of drug-likeness (QED) is 0.448. The van der Waals surface area contributed by atoms with Crippen LogP contribution >= 0.6 is 11.8 Å². The van der Waals surface area contributed by atoms with Crippen molar-refractivity contribution in [2.75, 3.05) is 11.9 Å². The summed E-state index contributed by atoms with van der Waals surface area (Å²) in [6.07, 6.45) is 6.15. The SMILES string of the molecule is NC(=NCl)Nc1cncc2cc(S(=O)(=O)NC3(CO)CCCC3)ccc12. The zero-order valence-electron chi connectivity index (χ0n) is 13.9. The maximum absolute atomic E-state index is 12.8. The van der Waals surface area contributed by atoms with Gasteiger partial charge in [0.15, 0.2) is 0 Å². The van der Waals surface area contributed by atoms with Crippen molar-refractivity contribution in [1.82, 2.24) is 9.71 Å². The number of nitrogens with one attached hydrogen (secondary N) is 2. The Bertz CT molecular complexity index is 942. The molecule has 0 amide bonds. The normalized spacial score (nSPS) is 17.5. The lowest BCUT2D eigenvalue weighted by Crippen LogP contribution is -2.49. The molecule has 26 heavy (non-hydrogen) atoms. The molecule has 0 spiro atoms. The second-order valence-corrected chi connectivity index (χ2v) is 8.27. The molecule has 0 unspecified atom stereocenters. The fourth-order valence-electron chi connectivity index (χ4n) is 3.27. The average Bonchev–Trinajstić information content (AvgIpc) is 3.09. The summed E-state index contributed by atoms with van der Waals surface area (Å²) in [7, 11) is -3.77. The summed E-state index contributed by atoms with van der Waals surface area (Å²) >= 11 is 5.32. The molecule has 8 nitrogen and oxygen atoms in total. The zero-order chi connectivity index (χ0) is 18.8. The maximum Gasteiger partial charge on any atom is 0.241 e. The first-order valence-corrected chi connectivity index (χ1v) is 9.95. The van der Waals surface area contributed by atoms with E-state index in [9.17, 15) is 13.5 Å². The maximum atomic E-state index is 12.8. The predicted octanol–water partition coefficient (Wildman–Crippen LogP) is 1.70. The Morgan fingerprint density at radius 2 is 2.08 bits per heavy atom. The molecule has 2 aromatic rings. The third kappa shape index (κ3) is 3.75. The lowest BCUT2D eigenvalue weighted by atomic mass is 10.0. The van der Waals surface area contributed by atoms with E-state index in [1.807, 2.05) is 0 Å². The van der Waals surface area contributed by atoms with E-state index in [2.05, 4.69) is 19.5 Å². The molecule has 1 aliphatic rings. The third-order valence-electron chi connectivity index (χ3n) is 4.61. The highest BCUT2D eigenvalue weighted by atomic mass is 35.5. The van der Waals surface area contributed by atoms with E-state index in [0.29, 0.717) is 23.9 Å². The van der Waals surface area contributed by atoms with Crippen molar-refractivity contribution in [3.63, 3.8) is 0 Å². The van der Waals surface area contributed by atoms with Gasteiger partial charge in [0.05, 0.1) is 28.9 Å². The van der Waals surface area contributed by atoms with Crippen LogP contribution < -0.4 is 15.8 Å². The highest BCUT2D eigenvalue weighted by molar-refractivity contribution is 7.89. The van der Waals surface area contributed by atoms with Crippen LogP contribution in [0.5, 0.6) is 0 Å². The number of nitrogens with zero attached hydrogens (tertiary/aromatic N) is 2. The number of aliphatic hydroxyl groups excluding tert-OH is 1. The van der Waals surface area contributed by atoms with Gasteiger partial charge in [-0.25, -0.2) is 13.1 Å². The summed E-state index contributed by atoms with van der Waals surface area (Å²) < 4.78 is 31.6. The smallest absolute Gasteiger partial charge is 0.241 e. The Labute approximate surface area is 156 Å². The average molecular weight is 398 g/mol. The van der Waals surface area contributed by atoms with Crippen molar-refractivity contribution >= 4 is 44.2 Å². The van der Waals surface area contributed by atoms with Crippen molar-refractivity contribution in [3.8, 4) is 0 Å². The molecular weight excluding hydrogens is 378 g/mol. The second-order valence-electron chi connectivity index (χ2n) is 6.42. The number of guanidine groups is 1. The number of nitrogens with two attached hydrogens (primary N) is 1. The van der Waals surface area contributed by atoms with Crippen molar-refractivity contribution in [3.05, 3.63) is 30.6 Å². The van der Waals surface area contributed by atoms with E-state index in [4.69, 9.17) is 17.5 Å². The lowest BCUT2D eigenvalue weighted by molar-refractivity contribution is 0.185. The molecule has 1 fully saturated rings. The molecule has 1 aromatic heterocycles. The molecule has 0 aliphatic heterocycles. The number of rotatable bonds is 5. The van der Waals surface area contributed by atoms with Crippen molar-refractivity contribution < 1.29 is 13.5 Å². The fourth-order valence-corrected chi connectivity index (χ4v) is 4.80. The molecule has 1 heterocycles. The second kappa shape index (κ2) is 7.36. The number of aromatic nitrogens is 1. The first-order chi connectivity index (χ1) is 12.4. The lowest BCUT2D eigenvalue weighted by Gasteiger charge is -2.27. The molecule has 5 N–H and O–H groups in total. The van der Waals surface area contributed by atoms with Gasteiger partial charge in [-0.1, -0.05) is 18.9 Å². The summed E-state index contributed by atoms with van der Waals surface area (Å²) in [4.78, 5) is 4.20. The van der Waals surface area contributed by atoms with Gasteiger partial charge in [-0.3, -0.25) is 4.98 Å². The van der Waals surface area contributed by atoms with E-state index >= 15 is 0 Å². The summed E-state index contributed by atoms with van der Waals surface area (Å²) in [5.41, 5.74) is 5.35. The molecule has 0 atom stereocenters. The largest absolute Gasteiger partial charge is 0.394 e. The fraction of sp³-hybridized carbons (Fsp3) is 0.375. The van der Waals surface area contributed by atoms with E-state index in [0.717, 1.165) is 18.2 Å². The van der Waals surface area contributed by atoms with Gasteiger partial charge in [0.1, 0.15) is 0 Å². The molecule has 1 aliphatic carbocycles. The minimum atomic E-state index is -3.77. The minimum Gasteiger partial charge on any atom is -0.394 e. The van der Waals surface area contributed by atoms with E-state index in [1.165, 1.54) is 12.1 Å². The van der Waals surface area contributed by atoms with Crippen molar-refractivity contribution in [1.29, 1.82) is 0 Å². The van der Waals surface area contributed by atoms with Crippen LogP contribution in [0, 0.1) is 0 Å². The summed E-state index contributed by atoms with van der Waals surface area (Å²) in [6.45, 7) is -0.216. The molecule has 10 heteroatoms. The Hall–Kier alpha value is -1.94. The number of fused-ring (bicyclic) bond motifs is 1. The van der Waals surface area contributed by atoms with Crippen LogP contribution in [0.1, 0.15) is 25.7 Å². The number of benzene rings is 1. The standard InChI is InChI=1S/C16H20ClN5O3S/c17-21-15(18)20-14-9-19-8-11-7-12(3-4-13(11)14)26(24,25)22-16(10-23)5-1-2-6-16/h3-4,7-9,22-23H,1-2,5-6,10H2,(H3,18,20,21). The Morgan fingerprint density at radius 3 is 2.73 bits per heavy atom. The van der Waals surface area contributed by atoms with Gasteiger partial charge in [-0.2, -0.15) is 0 Å². The first-order valence-electron chi connectivity index (χ1n) is 8.13.